The monoisotopic (exact) mass is 361 g/mol. The molecule has 0 radical (unpaired) electrons. The molecule has 0 spiro atoms. The largest absolute Gasteiger partial charge is 0.492 e. The van der Waals surface area contributed by atoms with Crippen LogP contribution < -0.4 is 4.74 Å². The summed E-state index contributed by atoms with van der Waals surface area (Å²) in [5.41, 5.74) is 1.13. The van der Waals surface area contributed by atoms with Gasteiger partial charge in [-0.2, -0.15) is 5.10 Å². The molecule has 1 saturated heterocycles. The molecule has 2 aromatic rings. The van der Waals surface area contributed by atoms with E-state index in [0.717, 1.165) is 35.3 Å². The van der Waals surface area contributed by atoms with Crippen LogP contribution in [0.15, 0.2) is 41.1 Å². The van der Waals surface area contributed by atoms with Gasteiger partial charge in [0, 0.05) is 19.3 Å². The first-order valence-electron chi connectivity index (χ1n) is 7.40. The van der Waals surface area contributed by atoms with Gasteiger partial charge in [-0.05, 0) is 34.0 Å². The molecule has 1 unspecified atom stereocenters. The zero-order valence-corrected chi connectivity index (χ0v) is 13.6. The van der Waals surface area contributed by atoms with Crippen LogP contribution in [0.25, 0.3) is 0 Å². The molecule has 1 aromatic heterocycles. The molecule has 1 atom stereocenters. The Morgan fingerprint density at radius 3 is 2.91 bits per heavy atom. The van der Waals surface area contributed by atoms with Crippen LogP contribution in [0.3, 0.4) is 0 Å². The van der Waals surface area contributed by atoms with E-state index in [4.69, 9.17) is 4.74 Å². The number of aromatic nitrogens is 2. The number of halogens is 1. The number of amides is 1. The summed E-state index contributed by atoms with van der Waals surface area (Å²) in [5.74, 6) is 1.03. The number of likely N-dealkylation sites (tertiary alicyclic amines) is 1. The minimum Gasteiger partial charge on any atom is -0.492 e. The maximum atomic E-state index is 12.6. The minimum atomic E-state index is -0.0693. The molecule has 3 heterocycles. The first-order valence-corrected chi connectivity index (χ1v) is 8.19. The molecule has 1 amide bonds. The van der Waals surface area contributed by atoms with E-state index in [1.54, 1.807) is 6.20 Å². The Labute approximate surface area is 137 Å². The van der Waals surface area contributed by atoms with Gasteiger partial charge < -0.3 is 9.64 Å². The Kier molecular flexibility index (Phi) is 3.41. The second kappa shape index (κ2) is 5.43. The van der Waals surface area contributed by atoms with Gasteiger partial charge in [0.25, 0.3) is 0 Å². The number of hydrogen-bond acceptors (Lipinski definition) is 3. The van der Waals surface area contributed by atoms with Crippen LogP contribution in [0.2, 0.25) is 0 Å². The maximum Gasteiger partial charge on any atom is 0.229 e. The summed E-state index contributed by atoms with van der Waals surface area (Å²) in [6.07, 6.45) is 4.49. The molecular weight excluding hydrogens is 346 g/mol. The highest BCUT2D eigenvalue weighted by molar-refractivity contribution is 9.10. The van der Waals surface area contributed by atoms with Crippen LogP contribution >= 0.6 is 15.9 Å². The third-order valence-electron chi connectivity index (χ3n) is 4.35. The van der Waals surface area contributed by atoms with Crippen LogP contribution in [0.1, 0.15) is 11.6 Å². The lowest BCUT2D eigenvalue weighted by molar-refractivity contribution is -0.143. The molecule has 1 fully saturated rings. The molecule has 1 aromatic carbocycles. The average Bonchev–Trinajstić information content (AvgIpc) is 2.91. The summed E-state index contributed by atoms with van der Waals surface area (Å²) in [6, 6.07) is 8.24. The van der Waals surface area contributed by atoms with Gasteiger partial charge in [-0.25, -0.2) is 0 Å². The molecule has 4 rings (SSSR count). The van der Waals surface area contributed by atoms with Crippen LogP contribution in [-0.4, -0.2) is 40.3 Å². The fourth-order valence-corrected chi connectivity index (χ4v) is 3.36. The topological polar surface area (TPSA) is 47.4 Å². The second-order valence-corrected chi connectivity index (χ2v) is 6.77. The Morgan fingerprint density at radius 2 is 2.14 bits per heavy atom. The smallest absolute Gasteiger partial charge is 0.229 e. The van der Waals surface area contributed by atoms with Gasteiger partial charge in [0.05, 0.1) is 22.6 Å². The van der Waals surface area contributed by atoms with Crippen LogP contribution in [0, 0.1) is 5.92 Å². The molecule has 0 N–H and O–H groups in total. The summed E-state index contributed by atoms with van der Waals surface area (Å²) in [6.45, 7) is 1.93. The minimum absolute atomic E-state index is 0.0693. The maximum absolute atomic E-state index is 12.6. The fourth-order valence-electron chi connectivity index (χ4n) is 3.06. The van der Waals surface area contributed by atoms with E-state index in [1.165, 1.54) is 0 Å². The highest BCUT2D eigenvalue weighted by Crippen LogP contribution is 2.30. The molecule has 0 bridgehead atoms. The number of carbonyl (C=O) groups excluding carboxylic acids is 1. The summed E-state index contributed by atoms with van der Waals surface area (Å²) in [7, 11) is 0. The van der Waals surface area contributed by atoms with E-state index in [0.29, 0.717) is 6.61 Å². The van der Waals surface area contributed by atoms with Crippen molar-refractivity contribution < 1.29 is 9.53 Å². The van der Waals surface area contributed by atoms with E-state index < -0.39 is 0 Å². The standard InChI is InChI=1S/C16H16BrN3O2/c17-13-6-18-20(7-13)14-8-19(9-14)16(21)12-5-11-3-1-2-4-15(11)22-10-12/h1-4,6-7,12,14H,5,8-10H2. The number of benzene rings is 1. The lowest BCUT2D eigenvalue weighted by atomic mass is 9.94. The third-order valence-corrected chi connectivity index (χ3v) is 4.76. The van der Waals surface area contributed by atoms with Gasteiger partial charge >= 0.3 is 0 Å². The zero-order valence-electron chi connectivity index (χ0n) is 12.0. The quantitative estimate of drug-likeness (QED) is 0.824. The highest BCUT2D eigenvalue weighted by atomic mass is 79.9. The van der Waals surface area contributed by atoms with Gasteiger partial charge in [-0.1, -0.05) is 18.2 Å². The van der Waals surface area contributed by atoms with Crippen molar-refractivity contribution in [3.05, 3.63) is 46.7 Å². The Bertz CT molecular complexity index is 709. The number of nitrogens with zero attached hydrogens (tertiary/aromatic N) is 3. The highest BCUT2D eigenvalue weighted by Gasteiger charge is 2.37. The van der Waals surface area contributed by atoms with Crippen molar-refractivity contribution in [3.8, 4) is 5.75 Å². The molecule has 2 aliphatic rings. The summed E-state index contributed by atoms with van der Waals surface area (Å²) >= 11 is 3.40. The van der Waals surface area contributed by atoms with Crippen molar-refractivity contribution in [2.75, 3.05) is 19.7 Å². The van der Waals surface area contributed by atoms with Crippen molar-refractivity contribution in [2.45, 2.75) is 12.5 Å². The summed E-state index contributed by atoms with van der Waals surface area (Å²) in [4.78, 5) is 14.5. The van der Waals surface area contributed by atoms with Crippen molar-refractivity contribution in [3.63, 3.8) is 0 Å². The SMILES string of the molecule is O=C(C1COc2ccccc2C1)N1CC(n2cc(Br)cn2)C1. The molecule has 0 aliphatic carbocycles. The normalized spacial score (nSPS) is 21.0. The lowest BCUT2D eigenvalue weighted by Crippen LogP contribution is -2.54. The average molecular weight is 362 g/mol. The van der Waals surface area contributed by atoms with Gasteiger partial charge in [0.1, 0.15) is 12.4 Å². The molecule has 5 nitrogen and oxygen atoms in total. The van der Waals surface area contributed by atoms with Gasteiger partial charge in [-0.15, -0.1) is 0 Å². The number of carbonyl (C=O) groups is 1. The van der Waals surface area contributed by atoms with E-state index >= 15 is 0 Å². The Morgan fingerprint density at radius 1 is 1.32 bits per heavy atom. The van der Waals surface area contributed by atoms with E-state index in [-0.39, 0.29) is 17.9 Å². The van der Waals surface area contributed by atoms with E-state index in [2.05, 4.69) is 21.0 Å². The molecule has 114 valence electrons. The number of hydrogen-bond donors (Lipinski definition) is 0. The van der Waals surface area contributed by atoms with Crippen molar-refractivity contribution in [2.24, 2.45) is 5.92 Å². The molecule has 0 saturated carbocycles. The number of fused-ring (bicyclic) bond motifs is 1. The number of para-hydroxylation sites is 1. The first kappa shape index (κ1) is 13.8. The van der Waals surface area contributed by atoms with Crippen LogP contribution in [-0.2, 0) is 11.2 Å². The van der Waals surface area contributed by atoms with Gasteiger partial charge in [0.2, 0.25) is 5.91 Å². The molecule has 22 heavy (non-hydrogen) atoms. The van der Waals surface area contributed by atoms with Crippen LogP contribution in [0.4, 0.5) is 0 Å². The van der Waals surface area contributed by atoms with Crippen LogP contribution in [0.5, 0.6) is 5.75 Å². The first-order chi connectivity index (χ1) is 10.7. The van der Waals surface area contributed by atoms with Crippen molar-refractivity contribution in [1.82, 2.24) is 14.7 Å². The fraction of sp³-hybridized carbons (Fsp3) is 0.375. The predicted octanol–water partition coefficient (Wildman–Crippen LogP) is 2.28. The number of ether oxygens (including phenoxy) is 1. The van der Waals surface area contributed by atoms with E-state index in [1.807, 2.05) is 40.0 Å². The Balaban J connectivity index is 1.38. The zero-order chi connectivity index (χ0) is 15.1. The second-order valence-electron chi connectivity index (χ2n) is 5.86. The third kappa shape index (κ3) is 2.41. The van der Waals surface area contributed by atoms with Crippen molar-refractivity contribution in [1.29, 1.82) is 0 Å². The molecular formula is C16H16BrN3O2. The summed E-state index contributed by atoms with van der Waals surface area (Å²) in [5, 5.41) is 4.28. The summed E-state index contributed by atoms with van der Waals surface area (Å²) < 4.78 is 8.60. The van der Waals surface area contributed by atoms with Gasteiger partial charge in [0.15, 0.2) is 0 Å². The predicted molar refractivity (Wildman–Crippen MR) is 84.7 cm³/mol. The van der Waals surface area contributed by atoms with Crippen molar-refractivity contribution >= 4 is 21.8 Å². The molecule has 6 heteroatoms. The Hall–Kier alpha value is -1.82. The number of rotatable bonds is 2. The van der Waals surface area contributed by atoms with E-state index in [9.17, 15) is 4.79 Å². The lowest BCUT2D eigenvalue weighted by Gasteiger charge is -2.41. The van der Waals surface area contributed by atoms with Gasteiger partial charge in [-0.3, -0.25) is 9.48 Å². The molecule has 2 aliphatic heterocycles.